The minimum Gasteiger partial charge on any atom is -0.428 e. The number of rotatable bonds is 10. The summed E-state index contributed by atoms with van der Waals surface area (Å²) in [7, 11) is 1.28. The van der Waals surface area contributed by atoms with E-state index in [2.05, 4.69) is 15.4 Å². The standard InChI is InChI=1S/C33H21F13N2O3/c1-47-27(49)17-4-2-16(3-5-17)15-30(19-7-9-26(36)24(13-19)32(42,43)44,20-11-21(34)14-22(12-20)51-33(45,46)29(37)38)48-28(50)18-6-8-25(35)23(10-18)31(39,40)41/h2-14,29H,15H2,1H3,(H,47,49)(H,48,50). The fraction of sp³-hybridized carbons (Fsp3) is 0.212. The van der Waals surface area contributed by atoms with Crippen LogP contribution in [0, 0.1) is 17.5 Å². The smallest absolute Gasteiger partial charge is 0.428 e. The number of hydrogen-bond acceptors (Lipinski definition) is 3. The molecule has 18 heteroatoms. The maximum absolute atomic E-state index is 15.1. The van der Waals surface area contributed by atoms with Crippen LogP contribution in [0.25, 0.3) is 0 Å². The monoisotopic (exact) mass is 740 g/mol. The number of ether oxygens (including phenoxy) is 1. The van der Waals surface area contributed by atoms with Crippen molar-refractivity contribution in [3.63, 3.8) is 0 Å². The molecule has 0 bridgehead atoms. The molecule has 5 nitrogen and oxygen atoms in total. The largest absolute Gasteiger partial charge is 0.461 e. The van der Waals surface area contributed by atoms with Gasteiger partial charge in [-0.2, -0.15) is 43.9 Å². The van der Waals surface area contributed by atoms with Gasteiger partial charge in [0.25, 0.3) is 11.8 Å². The summed E-state index contributed by atoms with van der Waals surface area (Å²) in [5.41, 5.74) is -9.20. The van der Waals surface area contributed by atoms with Crippen molar-refractivity contribution in [2.45, 2.75) is 36.8 Å². The Hall–Kier alpha value is -5.29. The molecule has 0 fully saturated rings. The van der Waals surface area contributed by atoms with Gasteiger partial charge in [-0.3, -0.25) is 9.59 Å². The number of halogens is 13. The highest BCUT2D eigenvalue weighted by Gasteiger charge is 2.46. The van der Waals surface area contributed by atoms with E-state index in [9.17, 15) is 62.3 Å². The Kier molecular flexibility index (Phi) is 10.7. The maximum atomic E-state index is 15.1. The fourth-order valence-corrected chi connectivity index (χ4v) is 5.01. The van der Waals surface area contributed by atoms with E-state index in [1.807, 2.05) is 0 Å². The molecule has 0 saturated carbocycles. The molecular formula is C33H21F13N2O3. The van der Waals surface area contributed by atoms with Gasteiger partial charge >= 0.3 is 24.9 Å². The molecule has 0 spiro atoms. The molecule has 2 N–H and O–H groups in total. The summed E-state index contributed by atoms with van der Waals surface area (Å²) in [6.45, 7) is 0. The third-order valence-electron chi connectivity index (χ3n) is 7.41. The molecule has 4 aromatic rings. The van der Waals surface area contributed by atoms with Crippen molar-refractivity contribution in [2.75, 3.05) is 7.05 Å². The number of alkyl halides is 10. The summed E-state index contributed by atoms with van der Waals surface area (Å²) in [6.07, 6.45) is -21.4. The summed E-state index contributed by atoms with van der Waals surface area (Å²) < 4.78 is 184. The number of benzene rings is 4. The molecule has 4 aromatic carbocycles. The molecule has 0 saturated heterocycles. The van der Waals surface area contributed by atoms with Crippen molar-refractivity contribution < 1.29 is 71.4 Å². The van der Waals surface area contributed by atoms with Gasteiger partial charge in [-0.25, -0.2) is 13.2 Å². The molecule has 0 heterocycles. The van der Waals surface area contributed by atoms with Gasteiger partial charge in [0.15, 0.2) is 0 Å². The van der Waals surface area contributed by atoms with E-state index in [0.29, 0.717) is 24.3 Å². The second-order valence-electron chi connectivity index (χ2n) is 10.8. The molecule has 0 aliphatic carbocycles. The van der Waals surface area contributed by atoms with Crippen molar-refractivity contribution >= 4 is 11.8 Å². The molecule has 0 aliphatic heterocycles. The fourth-order valence-electron chi connectivity index (χ4n) is 5.01. The van der Waals surface area contributed by atoms with E-state index >= 15 is 4.39 Å². The lowest BCUT2D eigenvalue weighted by molar-refractivity contribution is -0.253. The molecule has 4 rings (SSSR count). The van der Waals surface area contributed by atoms with Gasteiger partial charge in [0.1, 0.15) is 23.2 Å². The van der Waals surface area contributed by atoms with Crippen LogP contribution in [0.15, 0.2) is 78.9 Å². The lowest BCUT2D eigenvalue weighted by Crippen LogP contribution is -2.49. The van der Waals surface area contributed by atoms with Gasteiger partial charge in [0.05, 0.1) is 16.7 Å². The third-order valence-corrected chi connectivity index (χ3v) is 7.41. The summed E-state index contributed by atoms with van der Waals surface area (Å²) >= 11 is 0. The first-order valence-corrected chi connectivity index (χ1v) is 14.1. The summed E-state index contributed by atoms with van der Waals surface area (Å²) in [5, 5.41) is 4.47. The SMILES string of the molecule is CNC(=O)c1ccc(CC(NC(=O)c2ccc(F)c(C(F)(F)F)c2)(c2cc(F)cc(OC(F)(F)C(F)F)c2)c2ccc(F)c(C(F)(F)F)c2)cc1. The van der Waals surface area contributed by atoms with Gasteiger partial charge in [0.2, 0.25) is 0 Å². The number of nitrogens with one attached hydrogen (secondary N) is 2. The topological polar surface area (TPSA) is 67.4 Å². The van der Waals surface area contributed by atoms with E-state index in [1.54, 1.807) is 0 Å². The Balaban J connectivity index is 2.07. The van der Waals surface area contributed by atoms with Crippen molar-refractivity contribution in [2.24, 2.45) is 0 Å². The molecule has 0 aromatic heterocycles. The van der Waals surface area contributed by atoms with Crippen LogP contribution in [0.2, 0.25) is 0 Å². The summed E-state index contributed by atoms with van der Waals surface area (Å²) in [5.74, 6) is -8.76. The first-order valence-electron chi connectivity index (χ1n) is 14.1. The van der Waals surface area contributed by atoms with E-state index in [0.717, 1.165) is 0 Å². The van der Waals surface area contributed by atoms with Gasteiger partial charge in [-0.1, -0.05) is 18.2 Å². The summed E-state index contributed by atoms with van der Waals surface area (Å²) in [4.78, 5) is 25.8. The highest BCUT2D eigenvalue weighted by molar-refractivity contribution is 5.95. The minimum atomic E-state index is -5.43. The molecular weight excluding hydrogens is 719 g/mol. The van der Waals surface area contributed by atoms with Crippen LogP contribution in [0.1, 0.15) is 48.5 Å². The maximum Gasteiger partial charge on any atom is 0.461 e. The lowest BCUT2D eigenvalue weighted by Gasteiger charge is -2.37. The van der Waals surface area contributed by atoms with E-state index in [-0.39, 0.29) is 41.5 Å². The van der Waals surface area contributed by atoms with E-state index < -0.39 is 99.7 Å². The Bertz CT molecular complexity index is 1930. The van der Waals surface area contributed by atoms with Gasteiger partial charge < -0.3 is 15.4 Å². The zero-order valence-electron chi connectivity index (χ0n) is 25.4. The number of carbonyl (C=O) groups excluding carboxylic acids is 2. The average Bonchev–Trinajstić information content (AvgIpc) is 3.03. The Morgan fingerprint density at radius 3 is 1.76 bits per heavy atom. The van der Waals surface area contributed by atoms with Gasteiger partial charge in [-0.15, -0.1) is 0 Å². The minimum absolute atomic E-state index is 0.0266. The average molecular weight is 741 g/mol. The first kappa shape index (κ1) is 38.5. The molecule has 0 aliphatic rings. The van der Waals surface area contributed by atoms with Crippen molar-refractivity contribution in [3.05, 3.63) is 135 Å². The Morgan fingerprint density at radius 1 is 0.667 bits per heavy atom. The molecule has 0 radical (unpaired) electrons. The highest BCUT2D eigenvalue weighted by atomic mass is 19.4. The molecule has 51 heavy (non-hydrogen) atoms. The highest BCUT2D eigenvalue weighted by Crippen LogP contribution is 2.41. The van der Waals surface area contributed by atoms with Gasteiger partial charge in [0, 0.05) is 30.7 Å². The Morgan fingerprint density at radius 2 is 1.22 bits per heavy atom. The lowest BCUT2D eigenvalue weighted by atomic mass is 9.76. The van der Waals surface area contributed by atoms with Crippen LogP contribution in [0.4, 0.5) is 57.1 Å². The van der Waals surface area contributed by atoms with Crippen LogP contribution < -0.4 is 15.4 Å². The van der Waals surface area contributed by atoms with Crippen LogP contribution in [-0.2, 0) is 24.3 Å². The van der Waals surface area contributed by atoms with E-state index in [4.69, 9.17) is 0 Å². The summed E-state index contributed by atoms with van der Waals surface area (Å²) in [6, 6.07) is 7.71. The number of carbonyl (C=O) groups is 2. The Labute approximate surface area is 279 Å². The van der Waals surface area contributed by atoms with Crippen LogP contribution in [0.5, 0.6) is 5.75 Å². The number of hydrogen-bond donors (Lipinski definition) is 2. The predicted molar refractivity (Wildman–Crippen MR) is 153 cm³/mol. The molecule has 1 atom stereocenters. The molecule has 272 valence electrons. The van der Waals surface area contributed by atoms with Crippen molar-refractivity contribution in [1.29, 1.82) is 0 Å². The van der Waals surface area contributed by atoms with E-state index in [1.165, 1.54) is 31.3 Å². The zero-order valence-corrected chi connectivity index (χ0v) is 25.4. The van der Waals surface area contributed by atoms with Gasteiger partial charge in [-0.05, 0) is 71.3 Å². The quantitative estimate of drug-likeness (QED) is 0.160. The normalized spacial score (nSPS) is 13.5. The molecule has 1 unspecified atom stereocenters. The molecule has 2 amide bonds. The second kappa shape index (κ2) is 14.1. The third kappa shape index (κ3) is 8.54. The van der Waals surface area contributed by atoms with Crippen molar-refractivity contribution in [3.8, 4) is 5.75 Å². The van der Waals surface area contributed by atoms with Crippen molar-refractivity contribution in [1.82, 2.24) is 10.6 Å². The second-order valence-corrected chi connectivity index (χ2v) is 10.8. The predicted octanol–water partition coefficient (Wildman–Crippen LogP) is 8.65. The first-order chi connectivity index (χ1) is 23.6. The number of amides is 2. The van der Waals surface area contributed by atoms with Crippen LogP contribution in [0.3, 0.4) is 0 Å². The van der Waals surface area contributed by atoms with Crippen LogP contribution >= 0.6 is 0 Å². The van der Waals surface area contributed by atoms with Crippen LogP contribution in [-0.4, -0.2) is 31.4 Å². The zero-order chi connectivity index (χ0) is 38.1.